The van der Waals surface area contributed by atoms with Gasteiger partial charge in [-0.3, -0.25) is 5.10 Å². The smallest absolute Gasteiger partial charge is 0.353 e. The number of H-pyrrole nitrogens is 1. The lowest BCUT2D eigenvalue weighted by Gasteiger charge is -2.25. The maximum absolute atomic E-state index is 14.0. The monoisotopic (exact) mass is 294 g/mol. The highest BCUT2D eigenvalue weighted by molar-refractivity contribution is 8.00. The third-order valence-corrected chi connectivity index (χ3v) is 4.13. The summed E-state index contributed by atoms with van der Waals surface area (Å²) in [7, 11) is 0. The normalized spacial score (nSPS) is 15.1. The van der Waals surface area contributed by atoms with Crippen LogP contribution in [-0.4, -0.2) is 39.7 Å². The molecule has 1 aromatic heterocycles. The van der Waals surface area contributed by atoms with Gasteiger partial charge in [0.2, 0.25) is 0 Å². The molecule has 0 spiro atoms. The van der Waals surface area contributed by atoms with Crippen LogP contribution in [0.15, 0.2) is 29.2 Å². The van der Waals surface area contributed by atoms with Crippen molar-refractivity contribution in [3.8, 4) is 11.3 Å². The van der Waals surface area contributed by atoms with Gasteiger partial charge in [-0.1, -0.05) is 6.07 Å². The zero-order valence-corrected chi connectivity index (χ0v) is 11.1. The number of halogens is 1. The van der Waals surface area contributed by atoms with E-state index in [-0.39, 0.29) is 11.5 Å². The molecule has 2 N–H and O–H groups in total. The Kier molecular flexibility index (Phi) is 3.45. The van der Waals surface area contributed by atoms with Gasteiger partial charge in [-0.25, -0.2) is 9.18 Å². The minimum absolute atomic E-state index is 0.0227. The Labute approximate surface area is 118 Å². The predicted molar refractivity (Wildman–Crippen MR) is 71.4 cm³/mol. The fraction of sp³-hybridized carbons (Fsp3) is 0.231. The van der Waals surface area contributed by atoms with Crippen LogP contribution in [0.25, 0.3) is 11.3 Å². The van der Waals surface area contributed by atoms with Crippen molar-refractivity contribution < 1.29 is 19.0 Å². The number of carboxylic acid groups (broad SMARTS) is 1. The summed E-state index contributed by atoms with van der Waals surface area (Å²) in [6.45, 7) is 1.29. The topological polar surface area (TPSA) is 75.2 Å². The Bertz CT molecular complexity index is 655. The fourth-order valence-corrected chi connectivity index (χ4v) is 2.80. The SMILES string of the molecule is O=C(O)c1cc(-c2ccc(SC3COC3)c(F)c2)n[nH]1. The van der Waals surface area contributed by atoms with E-state index in [0.29, 0.717) is 34.6 Å². The van der Waals surface area contributed by atoms with E-state index < -0.39 is 5.97 Å². The second-order valence-corrected chi connectivity index (χ2v) is 5.74. The number of benzene rings is 1. The first-order chi connectivity index (χ1) is 9.63. The van der Waals surface area contributed by atoms with Gasteiger partial charge in [0.15, 0.2) is 0 Å². The van der Waals surface area contributed by atoms with Crippen molar-refractivity contribution in [3.05, 3.63) is 35.8 Å². The van der Waals surface area contributed by atoms with E-state index in [4.69, 9.17) is 9.84 Å². The average Bonchev–Trinajstić information content (AvgIpc) is 2.84. The molecule has 0 radical (unpaired) electrons. The molecule has 1 fully saturated rings. The van der Waals surface area contributed by atoms with E-state index in [9.17, 15) is 9.18 Å². The van der Waals surface area contributed by atoms with Crippen LogP contribution >= 0.6 is 11.8 Å². The van der Waals surface area contributed by atoms with Gasteiger partial charge in [-0.05, 0) is 18.2 Å². The van der Waals surface area contributed by atoms with Crippen LogP contribution in [0.5, 0.6) is 0 Å². The lowest BCUT2D eigenvalue weighted by Crippen LogP contribution is -2.30. The number of carbonyl (C=O) groups is 1. The van der Waals surface area contributed by atoms with E-state index in [1.165, 1.54) is 23.9 Å². The van der Waals surface area contributed by atoms with Crippen molar-refractivity contribution in [2.24, 2.45) is 0 Å². The molecule has 1 aliphatic rings. The molecule has 0 bridgehead atoms. The Balaban J connectivity index is 1.83. The Morgan fingerprint density at radius 1 is 1.45 bits per heavy atom. The van der Waals surface area contributed by atoms with E-state index in [1.807, 2.05) is 0 Å². The quantitative estimate of drug-likeness (QED) is 0.905. The molecule has 1 aliphatic heterocycles. The van der Waals surface area contributed by atoms with Gasteiger partial charge >= 0.3 is 5.97 Å². The van der Waals surface area contributed by atoms with Crippen LogP contribution in [0.3, 0.4) is 0 Å². The summed E-state index contributed by atoms with van der Waals surface area (Å²) < 4.78 is 19.1. The standard InChI is InChI=1S/C13H11FN2O3S/c14-9-3-7(10-4-11(13(17)18)16-15-10)1-2-12(9)20-8-5-19-6-8/h1-4,8H,5-6H2,(H,15,16)(H,17,18). The van der Waals surface area contributed by atoms with Crippen molar-refractivity contribution in [1.82, 2.24) is 10.2 Å². The van der Waals surface area contributed by atoms with Crippen molar-refractivity contribution in [1.29, 1.82) is 0 Å². The molecule has 2 aromatic rings. The van der Waals surface area contributed by atoms with E-state index >= 15 is 0 Å². The first-order valence-electron chi connectivity index (χ1n) is 5.96. The largest absolute Gasteiger partial charge is 0.477 e. The van der Waals surface area contributed by atoms with Crippen molar-refractivity contribution in [2.75, 3.05) is 13.2 Å². The van der Waals surface area contributed by atoms with Gasteiger partial charge in [0.05, 0.1) is 24.2 Å². The van der Waals surface area contributed by atoms with Crippen molar-refractivity contribution in [3.63, 3.8) is 0 Å². The molecule has 5 nitrogen and oxygen atoms in total. The number of nitrogens with one attached hydrogen (secondary N) is 1. The molecule has 3 rings (SSSR count). The number of carboxylic acids is 1. The van der Waals surface area contributed by atoms with E-state index in [1.54, 1.807) is 12.1 Å². The highest BCUT2D eigenvalue weighted by atomic mass is 32.2. The number of nitrogens with zero attached hydrogens (tertiary/aromatic N) is 1. The van der Waals surface area contributed by atoms with Crippen LogP contribution in [0, 0.1) is 5.82 Å². The second kappa shape index (κ2) is 5.26. The molecule has 0 aliphatic carbocycles. The predicted octanol–water partition coefficient (Wildman–Crippen LogP) is 2.40. The number of thioether (sulfide) groups is 1. The summed E-state index contributed by atoms with van der Waals surface area (Å²) in [6.07, 6.45) is 0. The highest BCUT2D eigenvalue weighted by Crippen LogP contribution is 2.32. The maximum Gasteiger partial charge on any atom is 0.353 e. The average molecular weight is 294 g/mol. The first-order valence-corrected chi connectivity index (χ1v) is 6.84. The van der Waals surface area contributed by atoms with Gasteiger partial charge in [-0.2, -0.15) is 5.10 Å². The number of hydrogen-bond donors (Lipinski definition) is 2. The van der Waals surface area contributed by atoms with Crippen LogP contribution in [0.1, 0.15) is 10.5 Å². The summed E-state index contributed by atoms with van der Waals surface area (Å²) in [4.78, 5) is 11.3. The van der Waals surface area contributed by atoms with Gasteiger partial charge in [0, 0.05) is 10.5 Å². The minimum Gasteiger partial charge on any atom is -0.477 e. The third kappa shape index (κ3) is 2.54. The van der Waals surface area contributed by atoms with Crippen LogP contribution in [-0.2, 0) is 4.74 Å². The molecule has 0 unspecified atom stereocenters. The second-order valence-electron chi connectivity index (χ2n) is 4.39. The Morgan fingerprint density at radius 2 is 2.25 bits per heavy atom. The van der Waals surface area contributed by atoms with Gasteiger partial charge in [-0.15, -0.1) is 11.8 Å². The molecule has 1 aromatic carbocycles. The lowest BCUT2D eigenvalue weighted by atomic mass is 10.1. The molecule has 104 valence electrons. The van der Waals surface area contributed by atoms with Crippen molar-refractivity contribution in [2.45, 2.75) is 10.1 Å². The molecule has 1 saturated heterocycles. The maximum atomic E-state index is 14.0. The summed E-state index contributed by atoms with van der Waals surface area (Å²) in [6, 6.07) is 6.16. The lowest BCUT2D eigenvalue weighted by molar-refractivity contribution is 0.0455. The number of aromatic carboxylic acids is 1. The number of ether oxygens (including phenoxy) is 1. The zero-order valence-electron chi connectivity index (χ0n) is 10.3. The fourth-order valence-electron chi connectivity index (χ4n) is 1.80. The zero-order chi connectivity index (χ0) is 14.1. The van der Waals surface area contributed by atoms with E-state index in [0.717, 1.165) is 0 Å². The number of hydrogen-bond acceptors (Lipinski definition) is 4. The third-order valence-electron chi connectivity index (χ3n) is 2.94. The summed E-state index contributed by atoms with van der Waals surface area (Å²) >= 11 is 1.45. The number of aromatic amines is 1. The highest BCUT2D eigenvalue weighted by Gasteiger charge is 2.21. The molecule has 2 heterocycles. The van der Waals surface area contributed by atoms with E-state index in [2.05, 4.69) is 10.2 Å². The van der Waals surface area contributed by atoms with Crippen molar-refractivity contribution >= 4 is 17.7 Å². The summed E-state index contributed by atoms with van der Waals surface area (Å²) in [5.41, 5.74) is 0.927. The molecule has 0 amide bonds. The van der Waals surface area contributed by atoms with Crippen LogP contribution in [0.2, 0.25) is 0 Å². The summed E-state index contributed by atoms with van der Waals surface area (Å²) in [5.74, 6) is -1.43. The molecule has 20 heavy (non-hydrogen) atoms. The molecule has 0 atom stereocenters. The van der Waals surface area contributed by atoms with Gasteiger partial charge < -0.3 is 9.84 Å². The Hall–Kier alpha value is -1.86. The van der Waals surface area contributed by atoms with Crippen LogP contribution < -0.4 is 0 Å². The first kappa shape index (κ1) is 13.1. The molecular formula is C13H11FN2O3S. The molecular weight excluding hydrogens is 283 g/mol. The van der Waals surface area contributed by atoms with Gasteiger partial charge in [0.1, 0.15) is 11.5 Å². The van der Waals surface area contributed by atoms with Gasteiger partial charge in [0.25, 0.3) is 0 Å². The number of rotatable bonds is 4. The minimum atomic E-state index is -1.10. The van der Waals surface area contributed by atoms with Crippen LogP contribution in [0.4, 0.5) is 4.39 Å². The molecule has 7 heteroatoms. The number of aromatic nitrogens is 2. The summed E-state index contributed by atoms with van der Waals surface area (Å²) in [5, 5.41) is 15.4. The molecule has 0 saturated carbocycles. The Morgan fingerprint density at radius 3 is 2.80 bits per heavy atom.